The van der Waals surface area contributed by atoms with E-state index in [-0.39, 0.29) is 12.1 Å². The highest BCUT2D eigenvalue weighted by molar-refractivity contribution is 5.93. The van der Waals surface area contributed by atoms with Gasteiger partial charge >= 0.3 is 0 Å². The second-order valence-corrected chi connectivity index (χ2v) is 6.68. The van der Waals surface area contributed by atoms with E-state index in [0.29, 0.717) is 11.5 Å². The molecule has 4 rings (SSSR count). The van der Waals surface area contributed by atoms with Crippen LogP contribution in [-0.4, -0.2) is 26.5 Å². The molecule has 3 heterocycles. The molecule has 1 fully saturated rings. The summed E-state index contributed by atoms with van der Waals surface area (Å²) in [6.07, 6.45) is 5.89. The molecule has 4 N–H and O–H groups in total. The van der Waals surface area contributed by atoms with Gasteiger partial charge in [0.2, 0.25) is 6.41 Å². The summed E-state index contributed by atoms with van der Waals surface area (Å²) in [5, 5.41) is 13.8. The third kappa shape index (κ3) is 2.66. The lowest BCUT2D eigenvalue weighted by molar-refractivity contribution is -0.110. The quantitative estimate of drug-likeness (QED) is 0.605. The zero-order chi connectivity index (χ0) is 18.3. The van der Waals surface area contributed by atoms with Crippen LogP contribution < -0.4 is 11.1 Å². The standard InChI is InChI=1S/C19H19N5O2/c1-11-4-13(9-25)21-7-14(11)16-5-12-6-17(19(2-3-19)23-10-26)22-8-15(12)18(20)24-16/h4-8,10,25H,2-3,9H2,1H3,(H2,20,24)(H,23,26). The van der Waals surface area contributed by atoms with Crippen LogP contribution in [-0.2, 0) is 16.9 Å². The topological polar surface area (TPSA) is 114 Å². The van der Waals surface area contributed by atoms with Crippen LogP contribution in [0.25, 0.3) is 22.0 Å². The van der Waals surface area contributed by atoms with E-state index in [4.69, 9.17) is 5.73 Å². The van der Waals surface area contributed by atoms with E-state index in [1.165, 1.54) is 0 Å². The molecule has 3 aromatic rings. The highest BCUT2D eigenvalue weighted by Crippen LogP contribution is 2.45. The van der Waals surface area contributed by atoms with Gasteiger partial charge in [-0.2, -0.15) is 0 Å². The molecule has 3 aromatic heterocycles. The van der Waals surface area contributed by atoms with Gasteiger partial charge < -0.3 is 16.2 Å². The summed E-state index contributed by atoms with van der Waals surface area (Å²) in [5.41, 5.74) is 9.79. The lowest BCUT2D eigenvalue weighted by Crippen LogP contribution is -2.28. The van der Waals surface area contributed by atoms with E-state index in [9.17, 15) is 9.90 Å². The van der Waals surface area contributed by atoms with Gasteiger partial charge in [0, 0.05) is 23.3 Å². The first-order valence-electron chi connectivity index (χ1n) is 8.41. The fraction of sp³-hybridized carbons (Fsp3) is 0.263. The van der Waals surface area contributed by atoms with Gasteiger partial charge in [-0.1, -0.05) is 0 Å². The first-order chi connectivity index (χ1) is 12.6. The van der Waals surface area contributed by atoms with E-state index in [1.54, 1.807) is 12.4 Å². The smallest absolute Gasteiger partial charge is 0.207 e. The molecular formula is C19H19N5O2. The monoisotopic (exact) mass is 349 g/mol. The summed E-state index contributed by atoms with van der Waals surface area (Å²) in [4.78, 5) is 24.1. The maximum Gasteiger partial charge on any atom is 0.207 e. The molecule has 0 bridgehead atoms. The van der Waals surface area contributed by atoms with Gasteiger partial charge in [-0.05, 0) is 48.9 Å². The predicted molar refractivity (Wildman–Crippen MR) is 98.0 cm³/mol. The fourth-order valence-corrected chi connectivity index (χ4v) is 3.25. The predicted octanol–water partition coefficient (Wildman–Crippen LogP) is 1.81. The zero-order valence-electron chi connectivity index (χ0n) is 14.4. The summed E-state index contributed by atoms with van der Waals surface area (Å²) in [7, 11) is 0. The number of pyridine rings is 3. The fourth-order valence-electron chi connectivity index (χ4n) is 3.25. The van der Waals surface area contributed by atoms with Crippen molar-refractivity contribution in [3.8, 4) is 11.3 Å². The molecule has 26 heavy (non-hydrogen) atoms. The van der Waals surface area contributed by atoms with Gasteiger partial charge in [-0.3, -0.25) is 14.8 Å². The number of nitrogens with two attached hydrogens (primary N) is 1. The van der Waals surface area contributed by atoms with Gasteiger partial charge in [-0.15, -0.1) is 0 Å². The number of aliphatic hydroxyl groups excluding tert-OH is 1. The van der Waals surface area contributed by atoms with E-state index in [1.807, 2.05) is 25.1 Å². The Bertz CT molecular complexity index is 1010. The molecule has 0 saturated heterocycles. The number of nitrogens with one attached hydrogen (secondary N) is 1. The molecule has 0 aliphatic heterocycles. The SMILES string of the molecule is Cc1cc(CO)ncc1-c1cc2cc(C3(NC=O)CC3)ncc2c(N)n1. The highest BCUT2D eigenvalue weighted by atomic mass is 16.3. The van der Waals surface area contributed by atoms with Gasteiger partial charge in [0.1, 0.15) is 5.82 Å². The number of nitrogen functional groups attached to an aromatic ring is 1. The van der Waals surface area contributed by atoms with Crippen LogP contribution in [0.5, 0.6) is 0 Å². The van der Waals surface area contributed by atoms with Crippen molar-refractivity contribution in [2.45, 2.75) is 31.9 Å². The Morgan fingerprint density at radius 1 is 1.27 bits per heavy atom. The van der Waals surface area contributed by atoms with Crippen LogP contribution in [0.1, 0.15) is 29.8 Å². The number of hydrogen-bond acceptors (Lipinski definition) is 6. The molecular weight excluding hydrogens is 330 g/mol. The van der Waals surface area contributed by atoms with Gasteiger partial charge in [0.15, 0.2) is 0 Å². The van der Waals surface area contributed by atoms with E-state index >= 15 is 0 Å². The molecule has 0 spiro atoms. The molecule has 7 heteroatoms. The normalized spacial score (nSPS) is 15.0. The molecule has 0 aromatic carbocycles. The second kappa shape index (κ2) is 6.03. The van der Waals surface area contributed by atoms with Crippen molar-refractivity contribution in [1.82, 2.24) is 20.3 Å². The molecule has 1 saturated carbocycles. The van der Waals surface area contributed by atoms with Crippen LogP contribution in [0.4, 0.5) is 5.82 Å². The number of fused-ring (bicyclic) bond motifs is 1. The van der Waals surface area contributed by atoms with Crippen LogP contribution in [0.15, 0.2) is 30.6 Å². The van der Waals surface area contributed by atoms with Gasteiger partial charge in [0.05, 0.1) is 29.2 Å². The first kappa shape index (κ1) is 16.4. The number of nitrogens with zero attached hydrogens (tertiary/aromatic N) is 3. The van der Waals surface area contributed by atoms with Crippen LogP contribution >= 0.6 is 0 Å². The van der Waals surface area contributed by atoms with Crippen molar-refractivity contribution in [1.29, 1.82) is 0 Å². The maximum atomic E-state index is 10.9. The van der Waals surface area contributed by atoms with Gasteiger partial charge in [-0.25, -0.2) is 4.98 Å². The van der Waals surface area contributed by atoms with E-state index in [2.05, 4.69) is 20.3 Å². The third-order valence-corrected chi connectivity index (χ3v) is 4.93. The van der Waals surface area contributed by atoms with Crippen molar-refractivity contribution >= 4 is 23.0 Å². The van der Waals surface area contributed by atoms with Crippen molar-refractivity contribution in [2.24, 2.45) is 0 Å². The molecule has 132 valence electrons. The minimum absolute atomic E-state index is 0.102. The minimum Gasteiger partial charge on any atom is -0.390 e. The number of aliphatic hydroxyl groups is 1. The Balaban J connectivity index is 1.83. The summed E-state index contributed by atoms with van der Waals surface area (Å²) in [5.74, 6) is 0.398. The number of rotatable bonds is 5. The van der Waals surface area contributed by atoms with Crippen LogP contribution in [0, 0.1) is 6.92 Å². The van der Waals surface area contributed by atoms with Crippen LogP contribution in [0.3, 0.4) is 0 Å². The summed E-state index contributed by atoms with van der Waals surface area (Å²) in [6.45, 7) is 1.85. The Morgan fingerprint density at radius 3 is 2.73 bits per heavy atom. The maximum absolute atomic E-state index is 10.9. The molecule has 1 amide bonds. The molecule has 0 unspecified atom stereocenters. The number of aromatic nitrogens is 3. The number of anilines is 1. The Morgan fingerprint density at radius 2 is 2.08 bits per heavy atom. The van der Waals surface area contributed by atoms with Crippen molar-refractivity contribution in [3.05, 3.63) is 47.5 Å². The Labute approximate surface area is 150 Å². The molecule has 0 radical (unpaired) electrons. The van der Waals surface area contributed by atoms with Crippen LogP contribution in [0.2, 0.25) is 0 Å². The van der Waals surface area contributed by atoms with Gasteiger partial charge in [0.25, 0.3) is 0 Å². The van der Waals surface area contributed by atoms with E-state index in [0.717, 1.165) is 52.5 Å². The number of carbonyl (C=O) groups excluding carboxylic acids is 1. The van der Waals surface area contributed by atoms with Crippen molar-refractivity contribution in [3.63, 3.8) is 0 Å². The molecule has 1 aliphatic carbocycles. The average molecular weight is 349 g/mol. The van der Waals surface area contributed by atoms with Crippen molar-refractivity contribution < 1.29 is 9.90 Å². The summed E-state index contributed by atoms with van der Waals surface area (Å²) >= 11 is 0. The zero-order valence-corrected chi connectivity index (χ0v) is 14.4. The Hall–Kier alpha value is -3.06. The number of hydrogen-bond donors (Lipinski definition) is 3. The molecule has 7 nitrogen and oxygen atoms in total. The second-order valence-electron chi connectivity index (χ2n) is 6.68. The lowest BCUT2D eigenvalue weighted by atomic mass is 10.0. The number of amides is 1. The minimum atomic E-state index is -0.353. The Kier molecular flexibility index (Phi) is 3.81. The molecule has 1 aliphatic rings. The summed E-state index contributed by atoms with van der Waals surface area (Å²) < 4.78 is 0. The number of aryl methyl sites for hydroxylation is 1. The summed E-state index contributed by atoms with van der Waals surface area (Å²) in [6, 6.07) is 5.75. The third-order valence-electron chi connectivity index (χ3n) is 4.93. The first-order valence-corrected chi connectivity index (χ1v) is 8.41. The average Bonchev–Trinajstić information content (AvgIpc) is 3.42. The van der Waals surface area contributed by atoms with Crippen molar-refractivity contribution in [2.75, 3.05) is 5.73 Å². The highest BCUT2D eigenvalue weighted by Gasteiger charge is 2.45. The number of carbonyl (C=O) groups is 1. The molecule has 0 atom stereocenters. The largest absolute Gasteiger partial charge is 0.390 e. The lowest BCUT2D eigenvalue weighted by Gasteiger charge is -2.15. The van der Waals surface area contributed by atoms with E-state index < -0.39 is 0 Å².